The highest BCUT2D eigenvalue weighted by Crippen LogP contribution is 2.22. The Kier molecular flexibility index (Phi) is 2.49. The zero-order chi connectivity index (χ0) is 8.32. The number of carbonyl (C=O) groups excluding carboxylic acids is 1. The van der Waals surface area contributed by atoms with Gasteiger partial charge in [0.1, 0.15) is 0 Å². The molecule has 0 aromatic carbocycles. The van der Waals surface area contributed by atoms with E-state index in [0.717, 1.165) is 19.5 Å². The third-order valence-corrected chi connectivity index (χ3v) is 1.96. The predicted octanol–water partition coefficient (Wildman–Crippen LogP) is 0.549. The maximum Gasteiger partial charge on any atom is 0.314 e. The SMILES string of the molecule is CCCOC(=O)C1(C)CNC1. The summed E-state index contributed by atoms with van der Waals surface area (Å²) in [4.78, 5) is 11.2. The van der Waals surface area contributed by atoms with E-state index in [0.29, 0.717) is 6.61 Å². The van der Waals surface area contributed by atoms with Crippen molar-refractivity contribution in [3.05, 3.63) is 0 Å². The molecule has 0 bridgehead atoms. The summed E-state index contributed by atoms with van der Waals surface area (Å²) >= 11 is 0. The highest BCUT2D eigenvalue weighted by atomic mass is 16.5. The van der Waals surface area contributed by atoms with E-state index in [1.807, 2.05) is 13.8 Å². The third-order valence-electron chi connectivity index (χ3n) is 1.96. The van der Waals surface area contributed by atoms with Gasteiger partial charge in [0.15, 0.2) is 0 Å². The molecule has 1 fully saturated rings. The first-order valence-electron chi connectivity index (χ1n) is 4.07. The second-order valence-electron chi connectivity index (χ2n) is 3.30. The van der Waals surface area contributed by atoms with Crippen molar-refractivity contribution in [1.29, 1.82) is 0 Å². The molecule has 1 N–H and O–H groups in total. The minimum atomic E-state index is -0.241. The second-order valence-corrected chi connectivity index (χ2v) is 3.30. The van der Waals surface area contributed by atoms with Gasteiger partial charge < -0.3 is 10.1 Å². The molecule has 0 unspecified atom stereocenters. The van der Waals surface area contributed by atoms with Gasteiger partial charge in [0.25, 0.3) is 0 Å². The summed E-state index contributed by atoms with van der Waals surface area (Å²) in [5.74, 6) is -0.0573. The van der Waals surface area contributed by atoms with Crippen molar-refractivity contribution in [3.8, 4) is 0 Å². The molecule has 1 saturated heterocycles. The van der Waals surface area contributed by atoms with E-state index in [1.165, 1.54) is 0 Å². The fraction of sp³-hybridized carbons (Fsp3) is 0.875. The molecule has 0 aromatic rings. The lowest BCUT2D eigenvalue weighted by atomic mass is 9.84. The van der Waals surface area contributed by atoms with Gasteiger partial charge in [0, 0.05) is 13.1 Å². The number of ether oxygens (including phenoxy) is 1. The Hall–Kier alpha value is -0.570. The zero-order valence-electron chi connectivity index (χ0n) is 7.14. The summed E-state index contributed by atoms with van der Waals surface area (Å²) in [7, 11) is 0. The standard InChI is InChI=1S/C8H15NO2/c1-3-4-11-7(10)8(2)5-9-6-8/h9H,3-6H2,1-2H3. The molecule has 1 aliphatic rings. The van der Waals surface area contributed by atoms with Gasteiger partial charge in [-0.25, -0.2) is 0 Å². The van der Waals surface area contributed by atoms with E-state index in [-0.39, 0.29) is 11.4 Å². The minimum absolute atomic E-state index is 0.0573. The predicted molar refractivity (Wildman–Crippen MR) is 42.2 cm³/mol. The van der Waals surface area contributed by atoms with Crippen LogP contribution in [0.4, 0.5) is 0 Å². The van der Waals surface area contributed by atoms with Gasteiger partial charge in [0.2, 0.25) is 0 Å². The molecule has 3 heteroatoms. The van der Waals surface area contributed by atoms with Crippen LogP contribution in [0.15, 0.2) is 0 Å². The number of hydrogen-bond donors (Lipinski definition) is 1. The lowest BCUT2D eigenvalue weighted by Gasteiger charge is -2.36. The first kappa shape index (κ1) is 8.53. The Labute approximate surface area is 67.1 Å². The molecule has 1 aliphatic heterocycles. The van der Waals surface area contributed by atoms with Gasteiger partial charge in [0.05, 0.1) is 12.0 Å². The molecule has 0 atom stereocenters. The van der Waals surface area contributed by atoms with Crippen molar-refractivity contribution in [2.24, 2.45) is 5.41 Å². The lowest BCUT2D eigenvalue weighted by molar-refractivity contribution is -0.157. The normalized spacial score (nSPS) is 20.5. The van der Waals surface area contributed by atoms with Crippen molar-refractivity contribution in [2.75, 3.05) is 19.7 Å². The van der Waals surface area contributed by atoms with Crippen LogP contribution in [0.1, 0.15) is 20.3 Å². The van der Waals surface area contributed by atoms with Crippen LogP contribution in [-0.4, -0.2) is 25.7 Å². The largest absolute Gasteiger partial charge is 0.465 e. The summed E-state index contributed by atoms with van der Waals surface area (Å²) < 4.78 is 5.02. The molecule has 0 radical (unpaired) electrons. The van der Waals surface area contributed by atoms with Gasteiger partial charge in [-0.3, -0.25) is 4.79 Å². The molecular weight excluding hydrogens is 142 g/mol. The van der Waals surface area contributed by atoms with Crippen molar-refractivity contribution in [1.82, 2.24) is 5.32 Å². The van der Waals surface area contributed by atoms with Crippen LogP contribution in [0, 0.1) is 5.41 Å². The molecular formula is C8H15NO2. The van der Waals surface area contributed by atoms with E-state index in [1.54, 1.807) is 0 Å². The lowest BCUT2D eigenvalue weighted by Crippen LogP contribution is -2.56. The highest BCUT2D eigenvalue weighted by molar-refractivity contribution is 5.78. The van der Waals surface area contributed by atoms with Crippen molar-refractivity contribution in [3.63, 3.8) is 0 Å². The van der Waals surface area contributed by atoms with Gasteiger partial charge in [-0.2, -0.15) is 0 Å². The quantitative estimate of drug-likeness (QED) is 0.608. The number of hydrogen-bond acceptors (Lipinski definition) is 3. The van der Waals surface area contributed by atoms with Crippen LogP contribution in [-0.2, 0) is 9.53 Å². The third kappa shape index (κ3) is 1.71. The van der Waals surface area contributed by atoms with E-state index in [2.05, 4.69) is 5.32 Å². The van der Waals surface area contributed by atoms with E-state index in [4.69, 9.17) is 4.74 Å². The van der Waals surface area contributed by atoms with Gasteiger partial charge >= 0.3 is 5.97 Å². The van der Waals surface area contributed by atoms with Crippen LogP contribution in [0.5, 0.6) is 0 Å². The monoisotopic (exact) mass is 157 g/mol. The maximum absolute atomic E-state index is 11.2. The molecule has 11 heavy (non-hydrogen) atoms. The highest BCUT2D eigenvalue weighted by Gasteiger charge is 2.40. The van der Waals surface area contributed by atoms with E-state index < -0.39 is 0 Å². The van der Waals surface area contributed by atoms with Gasteiger partial charge in [-0.15, -0.1) is 0 Å². The number of rotatable bonds is 3. The van der Waals surface area contributed by atoms with Crippen molar-refractivity contribution < 1.29 is 9.53 Å². The first-order valence-corrected chi connectivity index (χ1v) is 4.07. The molecule has 0 saturated carbocycles. The van der Waals surface area contributed by atoms with Crippen LogP contribution in [0.3, 0.4) is 0 Å². The van der Waals surface area contributed by atoms with E-state index >= 15 is 0 Å². The van der Waals surface area contributed by atoms with Crippen LogP contribution < -0.4 is 5.32 Å². The van der Waals surface area contributed by atoms with Crippen LogP contribution >= 0.6 is 0 Å². The molecule has 1 rings (SSSR count). The molecule has 64 valence electrons. The average molecular weight is 157 g/mol. The van der Waals surface area contributed by atoms with Crippen molar-refractivity contribution in [2.45, 2.75) is 20.3 Å². The molecule has 0 amide bonds. The number of esters is 1. The number of carbonyl (C=O) groups is 1. The Morgan fingerprint density at radius 1 is 1.64 bits per heavy atom. The molecule has 1 heterocycles. The summed E-state index contributed by atoms with van der Waals surface area (Å²) in [6.07, 6.45) is 0.898. The topological polar surface area (TPSA) is 38.3 Å². The Balaban J connectivity index is 2.28. The Morgan fingerprint density at radius 3 is 2.64 bits per heavy atom. The van der Waals surface area contributed by atoms with Gasteiger partial charge in [-0.05, 0) is 13.3 Å². The molecule has 0 spiro atoms. The summed E-state index contributed by atoms with van der Waals surface area (Å²) in [6.45, 7) is 6.00. The fourth-order valence-corrected chi connectivity index (χ4v) is 1.01. The summed E-state index contributed by atoms with van der Waals surface area (Å²) in [6, 6.07) is 0. The first-order chi connectivity index (χ1) is 5.19. The molecule has 0 aromatic heterocycles. The van der Waals surface area contributed by atoms with Crippen LogP contribution in [0.2, 0.25) is 0 Å². The minimum Gasteiger partial charge on any atom is -0.465 e. The molecule has 3 nitrogen and oxygen atoms in total. The maximum atomic E-state index is 11.2. The zero-order valence-corrected chi connectivity index (χ0v) is 7.14. The molecule has 0 aliphatic carbocycles. The van der Waals surface area contributed by atoms with Crippen LogP contribution in [0.25, 0.3) is 0 Å². The Morgan fingerprint density at radius 2 is 2.27 bits per heavy atom. The smallest absolute Gasteiger partial charge is 0.314 e. The van der Waals surface area contributed by atoms with E-state index in [9.17, 15) is 4.79 Å². The van der Waals surface area contributed by atoms with Crippen molar-refractivity contribution >= 4 is 5.97 Å². The average Bonchev–Trinajstić information content (AvgIpc) is 1.95. The van der Waals surface area contributed by atoms with Gasteiger partial charge in [-0.1, -0.05) is 6.92 Å². The fourth-order valence-electron chi connectivity index (χ4n) is 1.01. The Bertz CT molecular complexity index is 152. The second kappa shape index (κ2) is 3.22. The summed E-state index contributed by atoms with van der Waals surface area (Å²) in [5, 5.41) is 3.06. The summed E-state index contributed by atoms with van der Waals surface area (Å²) in [5.41, 5.74) is -0.241. The number of nitrogens with one attached hydrogen (secondary N) is 1.